The summed E-state index contributed by atoms with van der Waals surface area (Å²) in [5.74, 6) is 5.43. The molecule has 3 nitrogen and oxygen atoms in total. The molecule has 0 amide bonds. The molecule has 18 heavy (non-hydrogen) atoms. The average Bonchev–Trinajstić information content (AvgIpc) is 3.17. The molecule has 2 rings (SSSR count). The molecular formula is C15H17NO2. The maximum absolute atomic E-state index is 11.2. The first-order valence-corrected chi connectivity index (χ1v) is 6.16. The highest BCUT2D eigenvalue weighted by Gasteiger charge is 2.51. The minimum absolute atomic E-state index is 0.613. The summed E-state index contributed by atoms with van der Waals surface area (Å²) in [5.41, 5.74) is 1.23. The summed E-state index contributed by atoms with van der Waals surface area (Å²) >= 11 is 0. The lowest BCUT2D eigenvalue weighted by molar-refractivity contribution is -0.140. The summed E-state index contributed by atoms with van der Waals surface area (Å²) in [6.45, 7) is 0.882. The molecule has 1 aliphatic carbocycles. The second-order valence-corrected chi connectivity index (χ2v) is 4.62. The Balaban J connectivity index is 2.06. The third-order valence-electron chi connectivity index (χ3n) is 3.33. The van der Waals surface area contributed by atoms with Gasteiger partial charge in [-0.2, -0.15) is 0 Å². The number of rotatable bonds is 4. The topological polar surface area (TPSA) is 49.3 Å². The van der Waals surface area contributed by atoms with Gasteiger partial charge in [-0.15, -0.1) is 0 Å². The first kappa shape index (κ1) is 12.7. The molecule has 0 aromatic heterocycles. The molecule has 0 spiro atoms. The van der Waals surface area contributed by atoms with Crippen molar-refractivity contribution < 1.29 is 9.90 Å². The molecule has 3 heteroatoms. The van der Waals surface area contributed by atoms with Crippen LogP contribution in [0.2, 0.25) is 0 Å². The first-order valence-electron chi connectivity index (χ1n) is 6.16. The van der Waals surface area contributed by atoms with E-state index in [1.807, 2.05) is 31.3 Å². The number of carboxylic acids is 1. The normalized spacial score (nSPS) is 15.6. The van der Waals surface area contributed by atoms with Crippen LogP contribution in [-0.4, -0.2) is 24.7 Å². The minimum Gasteiger partial charge on any atom is -0.481 e. The van der Waals surface area contributed by atoms with Gasteiger partial charge in [-0.25, -0.2) is 0 Å². The van der Waals surface area contributed by atoms with E-state index in [9.17, 15) is 9.90 Å². The van der Waals surface area contributed by atoms with Crippen LogP contribution >= 0.6 is 0 Å². The third kappa shape index (κ3) is 2.55. The third-order valence-corrected chi connectivity index (χ3v) is 3.33. The molecule has 0 heterocycles. The van der Waals surface area contributed by atoms with Crippen LogP contribution in [0.5, 0.6) is 0 Å². The van der Waals surface area contributed by atoms with Gasteiger partial charge in [0.25, 0.3) is 0 Å². The molecule has 1 aliphatic rings. The molecule has 1 aromatic rings. The van der Waals surface area contributed by atoms with Crippen molar-refractivity contribution in [1.29, 1.82) is 0 Å². The molecule has 1 fully saturated rings. The number of nitrogens with one attached hydrogen (secondary N) is 1. The van der Waals surface area contributed by atoms with Gasteiger partial charge in [0.2, 0.25) is 0 Å². The molecular weight excluding hydrogens is 226 g/mol. The van der Waals surface area contributed by atoms with Crippen molar-refractivity contribution in [2.45, 2.75) is 24.7 Å². The predicted octanol–water partition coefficient (Wildman–Crippen LogP) is 1.76. The van der Waals surface area contributed by atoms with Gasteiger partial charge >= 0.3 is 5.97 Å². The van der Waals surface area contributed by atoms with E-state index in [1.165, 1.54) is 0 Å². The smallest absolute Gasteiger partial charge is 0.314 e. The van der Waals surface area contributed by atoms with Gasteiger partial charge in [0.15, 0.2) is 0 Å². The number of carbonyl (C=O) groups is 1. The Labute approximate surface area is 107 Å². The Kier molecular flexibility index (Phi) is 3.69. The molecule has 0 unspecified atom stereocenters. The quantitative estimate of drug-likeness (QED) is 0.626. The van der Waals surface area contributed by atoms with Crippen molar-refractivity contribution in [3.8, 4) is 11.8 Å². The van der Waals surface area contributed by atoms with Crippen molar-refractivity contribution in [2.24, 2.45) is 0 Å². The molecule has 0 aliphatic heterocycles. The number of benzene rings is 1. The van der Waals surface area contributed by atoms with Gasteiger partial charge in [-0.3, -0.25) is 4.79 Å². The minimum atomic E-state index is -0.713. The van der Waals surface area contributed by atoms with E-state index >= 15 is 0 Å². The van der Waals surface area contributed by atoms with Crippen LogP contribution in [0.4, 0.5) is 0 Å². The summed E-state index contributed by atoms with van der Waals surface area (Å²) < 4.78 is 0. The second kappa shape index (κ2) is 5.24. The molecule has 0 radical (unpaired) electrons. The van der Waals surface area contributed by atoms with Gasteiger partial charge in [0.1, 0.15) is 0 Å². The summed E-state index contributed by atoms with van der Waals surface area (Å²) in [7, 11) is 1.90. The van der Waals surface area contributed by atoms with Crippen molar-refractivity contribution >= 4 is 5.97 Å². The lowest BCUT2D eigenvalue weighted by Crippen LogP contribution is -2.19. The van der Waals surface area contributed by atoms with E-state index in [0.29, 0.717) is 0 Å². The number of hydrogen-bond donors (Lipinski definition) is 2. The highest BCUT2D eigenvalue weighted by atomic mass is 16.4. The molecule has 0 saturated heterocycles. The number of aliphatic carboxylic acids is 1. The second-order valence-electron chi connectivity index (χ2n) is 4.62. The summed E-state index contributed by atoms with van der Waals surface area (Å²) in [4.78, 5) is 11.2. The molecule has 0 atom stereocenters. The molecule has 0 bridgehead atoms. The lowest BCUT2D eigenvalue weighted by atomic mass is 9.95. The molecule has 2 N–H and O–H groups in total. The zero-order valence-corrected chi connectivity index (χ0v) is 10.5. The first-order chi connectivity index (χ1) is 8.69. The van der Waals surface area contributed by atoms with Crippen LogP contribution in [0.1, 0.15) is 30.4 Å². The van der Waals surface area contributed by atoms with Crippen LogP contribution in [0, 0.1) is 11.8 Å². The van der Waals surface area contributed by atoms with Gasteiger partial charge in [0.05, 0.1) is 5.41 Å². The zero-order chi connectivity index (χ0) is 13.0. The Hall–Kier alpha value is -1.79. The molecule has 1 aromatic carbocycles. The lowest BCUT2D eigenvalue weighted by Gasteiger charge is -2.09. The van der Waals surface area contributed by atoms with Crippen LogP contribution in [0.25, 0.3) is 0 Å². The fourth-order valence-electron chi connectivity index (χ4n) is 1.98. The Morgan fingerprint density at radius 1 is 1.39 bits per heavy atom. The fraction of sp³-hybridized carbons (Fsp3) is 0.400. The number of hydrogen-bond acceptors (Lipinski definition) is 2. The van der Waals surface area contributed by atoms with Crippen LogP contribution in [0.15, 0.2) is 24.3 Å². The van der Waals surface area contributed by atoms with Crippen LogP contribution in [0.3, 0.4) is 0 Å². The SMILES string of the molecule is CNCCC#Cc1ccc(C2(C(=O)O)CC2)cc1. The van der Waals surface area contributed by atoms with E-state index in [0.717, 1.165) is 36.9 Å². The Bertz CT molecular complexity index is 489. The van der Waals surface area contributed by atoms with E-state index in [1.54, 1.807) is 0 Å². The van der Waals surface area contributed by atoms with Gasteiger partial charge < -0.3 is 10.4 Å². The van der Waals surface area contributed by atoms with Gasteiger partial charge in [0, 0.05) is 18.5 Å². The van der Waals surface area contributed by atoms with Crippen molar-refractivity contribution in [3.63, 3.8) is 0 Å². The van der Waals surface area contributed by atoms with Crippen LogP contribution < -0.4 is 5.32 Å². The fourth-order valence-corrected chi connectivity index (χ4v) is 1.98. The Morgan fingerprint density at radius 3 is 2.56 bits per heavy atom. The highest BCUT2D eigenvalue weighted by Crippen LogP contribution is 2.48. The van der Waals surface area contributed by atoms with E-state index < -0.39 is 11.4 Å². The summed E-state index contributed by atoms with van der Waals surface area (Å²) in [5, 5.41) is 12.2. The summed E-state index contributed by atoms with van der Waals surface area (Å²) in [6.07, 6.45) is 2.31. The van der Waals surface area contributed by atoms with E-state index in [2.05, 4.69) is 17.2 Å². The van der Waals surface area contributed by atoms with E-state index in [4.69, 9.17) is 0 Å². The van der Waals surface area contributed by atoms with Gasteiger partial charge in [-0.1, -0.05) is 24.0 Å². The molecule has 94 valence electrons. The Morgan fingerprint density at radius 2 is 2.06 bits per heavy atom. The highest BCUT2D eigenvalue weighted by molar-refractivity contribution is 5.84. The maximum atomic E-state index is 11.2. The summed E-state index contributed by atoms with van der Waals surface area (Å²) in [6, 6.07) is 7.60. The van der Waals surface area contributed by atoms with Crippen molar-refractivity contribution in [2.75, 3.05) is 13.6 Å². The van der Waals surface area contributed by atoms with E-state index in [-0.39, 0.29) is 0 Å². The standard InChI is InChI=1S/C15H17NO2/c1-16-11-3-2-4-12-5-7-13(8-6-12)15(9-10-15)14(17)18/h5-8,16H,3,9-11H2,1H3,(H,17,18). The van der Waals surface area contributed by atoms with Crippen molar-refractivity contribution in [3.05, 3.63) is 35.4 Å². The number of carboxylic acid groups (broad SMARTS) is 1. The zero-order valence-electron chi connectivity index (χ0n) is 10.5. The maximum Gasteiger partial charge on any atom is 0.314 e. The average molecular weight is 243 g/mol. The largest absolute Gasteiger partial charge is 0.481 e. The van der Waals surface area contributed by atoms with Crippen molar-refractivity contribution in [1.82, 2.24) is 5.32 Å². The molecule has 1 saturated carbocycles. The van der Waals surface area contributed by atoms with Crippen LogP contribution in [-0.2, 0) is 10.2 Å². The monoisotopic (exact) mass is 243 g/mol. The predicted molar refractivity (Wildman–Crippen MR) is 70.4 cm³/mol. The van der Waals surface area contributed by atoms with Gasteiger partial charge in [-0.05, 0) is 37.6 Å².